The molecule has 0 spiro atoms. The molecule has 3 aliphatic rings. The van der Waals surface area contributed by atoms with Gasteiger partial charge in [-0.05, 0) is 52.4 Å². The number of hydrogen-bond donors (Lipinski definition) is 1. The Hall–Kier alpha value is -0.170. The highest BCUT2D eigenvalue weighted by Gasteiger charge is 2.45. The SMILES string of the molecule is CC1(C)CCCN1S(=O)(=O)N1CCCCC1CNC1CC1. The molecule has 0 radical (unpaired) electrons. The van der Waals surface area contributed by atoms with E-state index in [0.29, 0.717) is 19.1 Å². The van der Waals surface area contributed by atoms with Crippen molar-refractivity contribution in [3.05, 3.63) is 0 Å². The standard InChI is InChI=1S/C15H29N3O2S/c1-15(2)9-5-11-18(15)21(19,20)17-10-4-3-6-14(17)12-16-13-7-8-13/h13-14,16H,3-12H2,1-2H3. The average molecular weight is 315 g/mol. The van der Waals surface area contributed by atoms with Crippen molar-refractivity contribution in [1.82, 2.24) is 13.9 Å². The van der Waals surface area contributed by atoms with Gasteiger partial charge in [0.15, 0.2) is 0 Å². The van der Waals surface area contributed by atoms with Crippen LogP contribution in [0.3, 0.4) is 0 Å². The highest BCUT2D eigenvalue weighted by molar-refractivity contribution is 7.86. The molecule has 5 nitrogen and oxygen atoms in total. The summed E-state index contributed by atoms with van der Waals surface area (Å²) in [4.78, 5) is 0. The minimum atomic E-state index is -3.32. The molecule has 2 saturated heterocycles. The van der Waals surface area contributed by atoms with Crippen LogP contribution >= 0.6 is 0 Å². The number of hydrogen-bond acceptors (Lipinski definition) is 3. The van der Waals surface area contributed by atoms with Crippen LogP contribution in [0, 0.1) is 0 Å². The van der Waals surface area contributed by atoms with E-state index in [4.69, 9.17) is 0 Å². The maximum Gasteiger partial charge on any atom is 0.282 e. The fourth-order valence-corrected chi connectivity index (χ4v) is 5.95. The van der Waals surface area contributed by atoms with Crippen molar-refractivity contribution in [2.45, 2.75) is 76.4 Å². The van der Waals surface area contributed by atoms with Crippen molar-refractivity contribution in [2.75, 3.05) is 19.6 Å². The highest BCUT2D eigenvalue weighted by Crippen LogP contribution is 2.34. The Kier molecular flexibility index (Phi) is 4.34. The van der Waals surface area contributed by atoms with Gasteiger partial charge in [0.2, 0.25) is 0 Å². The van der Waals surface area contributed by atoms with Gasteiger partial charge in [-0.1, -0.05) is 6.42 Å². The van der Waals surface area contributed by atoms with Crippen molar-refractivity contribution in [3.63, 3.8) is 0 Å². The summed E-state index contributed by atoms with van der Waals surface area (Å²) in [6.07, 6.45) is 7.57. The molecule has 0 amide bonds. The molecule has 2 aliphatic heterocycles. The summed E-state index contributed by atoms with van der Waals surface area (Å²) in [5.74, 6) is 0. The van der Waals surface area contributed by atoms with Crippen molar-refractivity contribution in [1.29, 1.82) is 0 Å². The molecular weight excluding hydrogens is 286 g/mol. The van der Waals surface area contributed by atoms with Gasteiger partial charge in [-0.3, -0.25) is 0 Å². The Morgan fingerprint density at radius 2 is 1.86 bits per heavy atom. The lowest BCUT2D eigenvalue weighted by Crippen LogP contribution is -2.56. The van der Waals surface area contributed by atoms with Crippen LogP contribution in [0.2, 0.25) is 0 Å². The van der Waals surface area contributed by atoms with Gasteiger partial charge in [-0.2, -0.15) is 17.0 Å². The minimum absolute atomic E-state index is 0.140. The minimum Gasteiger partial charge on any atom is -0.312 e. The third-order valence-corrected chi connectivity index (χ3v) is 7.50. The first kappa shape index (κ1) is 15.7. The van der Waals surface area contributed by atoms with Crippen molar-refractivity contribution >= 4 is 10.2 Å². The smallest absolute Gasteiger partial charge is 0.282 e. The van der Waals surface area contributed by atoms with E-state index in [0.717, 1.165) is 38.6 Å². The molecular formula is C15H29N3O2S. The molecule has 0 aromatic carbocycles. The third-order valence-electron chi connectivity index (χ3n) is 5.19. The molecule has 122 valence electrons. The van der Waals surface area contributed by atoms with E-state index in [2.05, 4.69) is 19.2 Å². The van der Waals surface area contributed by atoms with Gasteiger partial charge in [0.05, 0.1) is 0 Å². The zero-order valence-corrected chi connectivity index (χ0v) is 14.2. The van der Waals surface area contributed by atoms with Crippen molar-refractivity contribution in [2.24, 2.45) is 0 Å². The summed E-state index contributed by atoms with van der Waals surface area (Å²) >= 11 is 0. The monoisotopic (exact) mass is 315 g/mol. The molecule has 3 rings (SSSR count). The second kappa shape index (κ2) is 5.80. The van der Waals surface area contributed by atoms with Gasteiger partial charge in [0.25, 0.3) is 10.2 Å². The Morgan fingerprint density at radius 1 is 1.10 bits per heavy atom. The summed E-state index contributed by atoms with van der Waals surface area (Å²) in [6.45, 7) is 6.29. The Morgan fingerprint density at radius 3 is 2.48 bits per heavy atom. The van der Waals surface area contributed by atoms with Crippen LogP contribution < -0.4 is 5.32 Å². The zero-order chi connectivity index (χ0) is 15.1. The summed E-state index contributed by atoms with van der Waals surface area (Å²) in [7, 11) is -3.32. The average Bonchev–Trinajstić information content (AvgIpc) is 3.19. The van der Waals surface area contributed by atoms with Gasteiger partial charge in [0.1, 0.15) is 0 Å². The topological polar surface area (TPSA) is 52.7 Å². The van der Waals surface area contributed by atoms with E-state index in [1.165, 1.54) is 12.8 Å². The number of rotatable bonds is 5. The first-order valence-corrected chi connectivity index (χ1v) is 9.84. The van der Waals surface area contributed by atoms with E-state index in [1.807, 2.05) is 0 Å². The summed E-state index contributed by atoms with van der Waals surface area (Å²) in [6, 6.07) is 0.778. The van der Waals surface area contributed by atoms with Gasteiger partial charge in [-0.25, -0.2) is 0 Å². The fraction of sp³-hybridized carbons (Fsp3) is 1.00. The van der Waals surface area contributed by atoms with Crippen molar-refractivity contribution < 1.29 is 8.42 Å². The molecule has 3 fully saturated rings. The molecule has 1 aliphatic carbocycles. The third kappa shape index (κ3) is 3.28. The molecule has 1 saturated carbocycles. The van der Waals surface area contributed by atoms with E-state index < -0.39 is 10.2 Å². The number of nitrogens with one attached hydrogen (secondary N) is 1. The number of piperidine rings is 1. The molecule has 1 atom stereocenters. The number of nitrogens with zero attached hydrogens (tertiary/aromatic N) is 2. The second-order valence-corrected chi connectivity index (χ2v) is 9.24. The van der Waals surface area contributed by atoms with Gasteiger partial charge in [0, 0.05) is 37.3 Å². The fourth-order valence-electron chi connectivity index (χ4n) is 3.71. The van der Waals surface area contributed by atoms with E-state index in [1.54, 1.807) is 8.61 Å². The van der Waals surface area contributed by atoms with Crippen LogP contribution in [-0.4, -0.2) is 54.3 Å². The molecule has 0 bridgehead atoms. The normalized spacial score (nSPS) is 31.6. The Labute approximate surface area is 129 Å². The van der Waals surface area contributed by atoms with Crippen LogP contribution in [-0.2, 0) is 10.2 Å². The second-order valence-electron chi connectivity index (χ2n) is 7.44. The van der Waals surface area contributed by atoms with Crippen LogP contribution in [0.1, 0.15) is 58.8 Å². The van der Waals surface area contributed by atoms with Crippen LogP contribution in [0.25, 0.3) is 0 Å². The predicted molar refractivity (Wildman–Crippen MR) is 84.3 cm³/mol. The lowest BCUT2D eigenvalue weighted by Gasteiger charge is -2.40. The maximum atomic E-state index is 13.1. The molecule has 0 aromatic heterocycles. The maximum absolute atomic E-state index is 13.1. The molecule has 1 N–H and O–H groups in total. The first-order valence-electron chi connectivity index (χ1n) is 8.44. The largest absolute Gasteiger partial charge is 0.312 e. The summed E-state index contributed by atoms with van der Waals surface area (Å²) in [5, 5.41) is 3.52. The van der Waals surface area contributed by atoms with E-state index in [-0.39, 0.29) is 11.6 Å². The lowest BCUT2D eigenvalue weighted by atomic mass is 10.0. The Balaban J connectivity index is 1.74. The molecule has 0 aromatic rings. The van der Waals surface area contributed by atoms with Crippen LogP contribution in [0.4, 0.5) is 0 Å². The summed E-state index contributed by atoms with van der Waals surface area (Å²) in [5.41, 5.74) is -0.231. The lowest BCUT2D eigenvalue weighted by molar-refractivity contribution is 0.205. The molecule has 1 unspecified atom stereocenters. The Bertz CT molecular complexity index is 473. The van der Waals surface area contributed by atoms with Crippen LogP contribution in [0.15, 0.2) is 0 Å². The molecule has 2 heterocycles. The zero-order valence-electron chi connectivity index (χ0n) is 13.3. The molecule has 21 heavy (non-hydrogen) atoms. The van der Waals surface area contributed by atoms with E-state index >= 15 is 0 Å². The van der Waals surface area contributed by atoms with Gasteiger partial charge < -0.3 is 5.32 Å². The molecule has 6 heteroatoms. The van der Waals surface area contributed by atoms with Gasteiger partial charge in [-0.15, -0.1) is 0 Å². The van der Waals surface area contributed by atoms with Gasteiger partial charge >= 0.3 is 0 Å². The van der Waals surface area contributed by atoms with E-state index in [9.17, 15) is 8.42 Å². The van der Waals surface area contributed by atoms with Crippen LogP contribution in [0.5, 0.6) is 0 Å². The predicted octanol–water partition coefficient (Wildman–Crippen LogP) is 1.71. The summed E-state index contributed by atoms with van der Waals surface area (Å²) < 4.78 is 29.7. The quantitative estimate of drug-likeness (QED) is 0.840. The highest BCUT2D eigenvalue weighted by atomic mass is 32.2. The first-order chi connectivity index (χ1) is 9.91. The van der Waals surface area contributed by atoms with Crippen molar-refractivity contribution in [3.8, 4) is 0 Å².